The summed E-state index contributed by atoms with van der Waals surface area (Å²) in [6, 6.07) is 6.02. The van der Waals surface area contributed by atoms with Crippen molar-refractivity contribution in [1.29, 1.82) is 0 Å². The molecule has 0 spiro atoms. The second kappa shape index (κ2) is 5.35. The van der Waals surface area contributed by atoms with Gasteiger partial charge in [0.25, 0.3) is 0 Å². The van der Waals surface area contributed by atoms with Crippen LogP contribution in [-0.4, -0.2) is 31.0 Å². The number of rotatable bonds is 4. The minimum Gasteiger partial charge on any atom is -0.478 e. The molecule has 0 amide bonds. The summed E-state index contributed by atoms with van der Waals surface area (Å²) in [5.74, 6) is -1.72. The summed E-state index contributed by atoms with van der Waals surface area (Å²) < 4.78 is 5.07. The molecule has 0 saturated carbocycles. The third-order valence-electron chi connectivity index (χ3n) is 2.26. The standard InChI is InChI=1S/C11H13BO4/c1-7(6-12)16-11(15)9-5-3-2-4-8(9)10(13)14/h2-5,7H,6,12H2,1H3,(H,13,14). The molecule has 1 N–H and O–H groups in total. The molecule has 84 valence electrons. The number of esters is 1. The van der Waals surface area contributed by atoms with Crippen molar-refractivity contribution in [2.24, 2.45) is 0 Å². The van der Waals surface area contributed by atoms with E-state index in [2.05, 4.69) is 0 Å². The van der Waals surface area contributed by atoms with Crippen molar-refractivity contribution in [2.45, 2.75) is 19.3 Å². The first-order chi connectivity index (χ1) is 7.56. The number of benzene rings is 1. The molecule has 0 heterocycles. The number of hydrogen-bond donors (Lipinski definition) is 1. The summed E-state index contributed by atoms with van der Waals surface area (Å²) in [6.07, 6.45) is 0.482. The van der Waals surface area contributed by atoms with Crippen molar-refractivity contribution in [3.63, 3.8) is 0 Å². The molecular weight excluding hydrogens is 207 g/mol. The van der Waals surface area contributed by atoms with Gasteiger partial charge in [-0.2, -0.15) is 0 Å². The zero-order valence-corrected chi connectivity index (χ0v) is 9.27. The van der Waals surface area contributed by atoms with E-state index in [9.17, 15) is 9.59 Å². The number of ether oxygens (including phenoxy) is 1. The van der Waals surface area contributed by atoms with Gasteiger partial charge < -0.3 is 9.84 Å². The van der Waals surface area contributed by atoms with E-state index in [0.717, 1.165) is 0 Å². The number of carbonyl (C=O) groups is 2. The van der Waals surface area contributed by atoms with Crippen molar-refractivity contribution in [3.05, 3.63) is 35.4 Å². The summed E-state index contributed by atoms with van der Waals surface area (Å²) >= 11 is 0. The largest absolute Gasteiger partial charge is 0.478 e. The Labute approximate surface area is 94.6 Å². The molecule has 16 heavy (non-hydrogen) atoms. The van der Waals surface area contributed by atoms with Crippen LogP contribution in [0.5, 0.6) is 0 Å². The Morgan fingerprint density at radius 2 is 1.94 bits per heavy atom. The number of carbonyl (C=O) groups excluding carboxylic acids is 1. The third-order valence-corrected chi connectivity index (χ3v) is 2.26. The Morgan fingerprint density at radius 3 is 2.44 bits per heavy atom. The molecule has 1 aromatic carbocycles. The number of carboxylic acids is 1. The highest BCUT2D eigenvalue weighted by molar-refractivity contribution is 6.09. The highest BCUT2D eigenvalue weighted by atomic mass is 16.5. The van der Waals surface area contributed by atoms with Crippen molar-refractivity contribution in [3.8, 4) is 0 Å². The van der Waals surface area contributed by atoms with Crippen LogP contribution in [0.4, 0.5) is 0 Å². The average Bonchev–Trinajstić information content (AvgIpc) is 2.28. The molecule has 0 aliphatic heterocycles. The van der Waals surface area contributed by atoms with Crippen molar-refractivity contribution in [2.75, 3.05) is 0 Å². The van der Waals surface area contributed by atoms with Gasteiger partial charge in [-0.15, -0.1) is 0 Å². The van der Waals surface area contributed by atoms with Crippen LogP contribution in [0.2, 0.25) is 6.32 Å². The van der Waals surface area contributed by atoms with Gasteiger partial charge in [0.15, 0.2) is 0 Å². The Bertz CT molecular complexity index is 403. The lowest BCUT2D eigenvalue weighted by Crippen LogP contribution is -2.17. The van der Waals surface area contributed by atoms with Gasteiger partial charge in [0.05, 0.1) is 17.2 Å². The van der Waals surface area contributed by atoms with Gasteiger partial charge >= 0.3 is 11.9 Å². The van der Waals surface area contributed by atoms with Gasteiger partial charge in [0, 0.05) is 0 Å². The van der Waals surface area contributed by atoms with Crippen LogP contribution in [0, 0.1) is 0 Å². The first-order valence-corrected chi connectivity index (χ1v) is 5.09. The first-order valence-electron chi connectivity index (χ1n) is 5.09. The molecule has 0 saturated heterocycles. The maximum atomic E-state index is 11.7. The van der Waals surface area contributed by atoms with Crippen LogP contribution >= 0.6 is 0 Å². The molecule has 1 atom stereocenters. The van der Waals surface area contributed by atoms with E-state index >= 15 is 0 Å². The third kappa shape index (κ3) is 2.86. The Kier molecular flexibility index (Phi) is 4.11. The maximum Gasteiger partial charge on any atom is 0.339 e. The van der Waals surface area contributed by atoms with Crippen LogP contribution in [0.25, 0.3) is 0 Å². The Balaban J connectivity index is 2.95. The van der Waals surface area contributed by atoms with E-state index in [4.69, 9.17) is 9.84 Å². The second-order valence-corrected chi connectivity index (χ2v) is 3.47. The topological polar surface area (TPSA) is 63.6 Å². The highest BCUT2D eigenvalue weighted by Gasteiger charge is 2.18. The van der Waals surface area contributed by atoms with Gasteiger partial charge in [-0.1, -0.05) is 12.1 Å². The van der Waals surface area contributed by atoms with Gasteiger partial charge in [-0.05, 0) is 25.4 Å². The van der Waals surface area contributed by atoms with E-state index < -0.39 is 11.9 Å². The van der Waals surface area contributed by atoms with Gasteiger partial charge in [-0.25, -0.2) is 9.59 Å². The lowest BCUT2D eigenvalue weighted by Gasteiger charge is -2.11. The minimum atomic E-state index is -1.13. The summed E-state index contributed by atoms with van der Waals surface area (Å²) in [4.78, 5) is 22.5. The van der Waals surface area contributed by atoms with Crippen molar-refractivity contribution in [1.82, 2.24) is 0 Å². The molecule has 0 aromatic heterocycles. The van der Waals surface area contributed by atoms with Crippen molar-refractivity contribution < 1.29 is 19.4 Å². The molecule has 1 unspecified atom stereocenters. The quantitative estimate of drug-likeness (QED) is 0.606. The van der Waals surface area contributed by atoms with Crippen molar-refractivity contribution >= 4 is 19.8 Å². The number of aromatic carboxylic acids is 1. The number of carboxylic acid groups (broad SMARTS) is 1. The van der Waals surface area contributed by atoms with Gasteiger partial charge in [0.2, 0.25) is 0 Å². The van der Waals surface area contributed by atoms with E-state index in [-0.39, 0.29) is 17.2 Å². The molecule has 0 bridgehead atoms. The smallest absolute Gasteiger partial charge is 0.339 e. The minimum absolute atomic E-state index is 0.0317. The van der Waals surface area contributed by atoms with Crippen LogP contribution in [0.15, 0.2) is 24.3 Å². The average molecular weight is 220 g/mol. The van der Waals surface area contributed by atoms with E-state index in [0.29, 0.717) is 6.32 Å². The SMILES string of the molecule is BCC(C)OC(=O)c1ccccc1C(=O)O. The molecule has 4 nitrogen and oxygen atoms in total. The van der Waals surface area contributed by atoms with E-state index in [1.807, 2.05) is 7.85 Å². The Hall–Kier alpha value is -1.78. The Morgan fingerprint density at radius 1 is 1.38 bits per heavy atom. The van der Waals surface area contributed by atoms with Crippen LogP contribution in [-0.2, 0) is 4.74 Å². The van der Waals surface area contributed by atoms with Crippen LogP contribution < -0.4 is 0 Å². The zero-order chi connectivity index (χ0) is 12.1. The highest BCUT2D eigenvalue weighted by Crippen LogP contribution is 2.12. The molecule has 0 aliphatic rings. The fourth-order valence-electron chi connectivity index (χ4n) is 1.18. The van der Waals surface area contributed by atoms with Crippen LogP contribution in [0.1, 0.15) is 27.6 Å². The lowest BCUT2D eigenvalue weighted by molar-refractivity contribution is 0.0372. The predicted octanol–water partition coefficient (Wildman–Crippen LogP) is 0.981. The molecule has 1 rings (SSSR count). The maximum absolute atomic E-state index is 11.7. The monoisotopic (exact) mass is 220 g/mol. The van der Waals surface area contributed by atoms with E-state index in [1.54, 1.807) is 19.1 Å². The molecule has 1 aromatic rings. The molecule has 0 radical (unpaired) electrons. The lowest BCUT2D eigenvalue weighted by atomic mass is 10.0. The van der Waals surface area contributed by atoms with Gasteiger partial charge in [0.1, 0.15) is 7.85 Å². The summed E-state index contributed by atoms with van der Waals surface area (Å²) in [7, 11) is 1.89. The molecular formula is C11H13BO4. The summed E-state index contributed by atoms with van der Waals surface area (Å²) in [5.41, 5.74) is 0.0612. The first kappa shape index (κ1) is 12.3. The fraction of sp³-hybridized carbons (Fsp3) is 0.273. The summed E-state index contributed by atoms with van der Waals surface area (Å²) in [5, 5.41) is 8.90. The fourth-order valence-corrected chi connectivity index (χ4v) is 1.18. The zero-order valence-electron chi connectivity index (χ0n) is 9.27. The number of hydrogen-bond acceptors (Lipinski definition) is 3. The van der Waals surface area contributed by atoms with Gasteiger partial charge in [-0.3, -0.25) is 0 Å². The molecule has 0 aliphatic carbocycles. The second-order valence-electron chi connectivity index (χ2n) is 3.47. The van der Waals surface area contributed by atoms with E-state index in [1.165, 1.54) is 12.1 Å². The summed E-state index contributed by atoms with van der Waals surface area (Å²) in [6.45, 7) is 1.77. The van der Waals surface area contributed by atoms with Crippen LogP contribution in [0.3, 0.4) is 0 Å². The predicted molar refractivity (Wildman–Crippen MR) is 61.6 cm³/mol. The molecule has 5 heteroatoms. The normalized spacial score (nSPS) is 11.8. The molecule has 0 fully saturated rings.